The van der Waals surface area contributed by atoms with Crippen LogP contribution in [0, 0.1) is 5.92 Å². The Morgan fingerprint density at radius 2 is 1.84 bits per heavy atom. The topological polar surface area (TPSA) is 46.3 Å². The zero-order valence-corrected chi connectivity index (χ0v) is 12.8. The highest BCUT2D eigenvalue weighted by Gasteiger charge is 2.25. The highest BCUT2D eigenvalue weighted by molar-refractivity contribution is 6.31. The number of carbonyl (C=O) groups is 1. The van der Waals surface area contributed by atoms with Gasteiger partial charge in [-0.05, 0) is 31.4 Å². The molecule has 0 heterocycles. The molecule has 4 heteroatoms. The maximum Gasteiger partial charge on any atom is 0.240 e. The van der Waals surface area contributed by atoms with Gasteiger partial charge in [0, 0.05) is 17.6 Å². The minimum Gasteiger partial charge on any atom is -0.335 e. The summed E-state index contributed by atoms with van der Waals surface area (Å²) >= 11 is 6.15. The number of benzene rings is 1. The van der Waals surface area contributed by atoms with Gasteiger partial charge in [0.15, 0.2) is 0 Å². The van der Waals surface area contributed by atoms with Crippen molar-refractivity contribution in [2.45, 2.75) is 46.3 Å². The molecule has 1 atom stereocenters. The molecule has 0 aliphatic carbocycles. The second-order valence-electron chi connectivity index (χ2n) is 5.42. The molecule has 0 fully saturated rings. The van der Waals surface area contributed by atoms with Gasteiger partial charge in [0.05, 0.1) is 6.04 Å². The third-order valence-corrected chi connectivity index (χ3v) is 3.58. The summed E-state index contributed by atoms with van der Waals surface area (Å²) in [6, 6.07) is 7.20. The van der Waals surface area contributed by atoms with Crippen LogP contribution >= 0.6 is 11.6 Å². The molecule has 0 bridgehead atoms. The van der Waals surface area contributed by atoms with Crippen LogP contribution in [0.25, 0.3) is 0 Å². The molecular weight excluding hydrogens is 260 g/mol. The summed E-state index contributed by atoms with van der Waals surface area (Å²) in [5.74, 6) is 0.102. The van der Waals surface area contributed by atoms with Crippen LogP contribution in [0.15, 0.2) is 24.3 Å². The first-order chi connectivity index (χ1) is 8.84. The van der Waals surface area contributed by atoms with E-state index in [2.05, 4.69) is 0 Å². The number of hydrogen-bond donors (Lipinski definition) is 1. The van der Waals surface area contributed by atoms with Crippen molar-refractivity contribution in [3.05, 3.63) is 34.9 Å². The molecule has 3 nitrogen and oxygen atoms in total. The van der Waals surface area contributed by atoms with Crippen molar-refractivity contribution in [3.8, 4) is 0 Å². The predicted octanol–water partition coefficient (Wildman–Crippen LogP) is 3.06. The van der Waals surface area contributed by atoms with Crippen LogP contribution in [0.3, 0.4) is 0 Å². The summed E-state index contributed by atoms with van der Waals surface area (Å²) in [6.45, 7) is 8.38. The van der Waals surface area contributed by atoms with Crippen molar-refractivity contribution in [2.75, 3.05) is 0 Å². The maximum absolute atomic E-state index is 12.4. The lowest BCUT2D eigenvalue weighted by Crippen LogP contribution is -2.48. The third-order valence-electron chi connectivity index (χ3n) is 3.21. The first-order valence-corrected chi connectivity index (χ1v) is 7.01. The first-order valence-electron chi connectivity index (χ1n) is 6.64. The Balaban J connectivity index is 2.91. The van der Waals surface area contributed by atoms with Crippen molar-refractivity contribution in [3.63, 3.8) is 0 Å². The number of hydrogen-bond acceptors (Lipinski definition) is 2. The van der Waals surface area contributed by atoms with Gasteiger partial charge in [-0.3, -0.25) is 4.79 Å². The molecule has 0 unspecified atom stereocenters. The average molecular weight is 283 g/mol. The molecule has 0 aromatic heterocycles. The summed E-state index contributed by atoms with van der Waals surface area (Å²) in [6.07, 6.45) is 0. The summed E-state index contributed by atoms with van der Waals surface area (Å²) in [5, 5.41) is 0.680. The van der Waals surface area contributed by atoms with Crippen molar-refractivity contribution >= 4 is 17.5 Å². The van der Waals surface area contributed by atoms with E-state index in [9.17, 15) is 4.79 Å². The van der Waals surface area contributed by atoms with E-state index in [-0.39, 0.29) is 17.9 Å². The van der Waals surface area contributed by atoms with Crippen LogP contribution in [-0.4, -0.2) is 22.9 Å². The molecule has 0 aliphatic rings. The van der Waals surface area contributed by atoms with Crippen molar-refractivity contribution in [2.24, 2.45) is 11.7 Å². The van der Waals surface area contributed by atoms with Gasteiger partial charge in [0.2, 0.25) is 5.91 Å². The lowest BCUT2D eigenvalue weighted by Gasteiger charge is -2.31. The van der Waals surface area contributed by atoms with Crippen LogP contribution in [0.1, 0.15) is 33.3 Å². The van der Waals surface area contributed by atoms with Gasteiger partial charge in [0.25, 0.3) is 0 Å². The molecule has 0 aliphatic heterocycles. The molecule has 0 radical (unpaired) electrons. The minimum atomic E-state index is -0.468. The predicted molar refractivity (Wildman–Crippen MR) is 80.0 cm³/mol. The van der Waals surface area contributed by atoms with Crippen LogP contribution in [0.4, 0.5) is 0 Å². The number of rotatable bonds is 5. The molecule has 0 spiro atoms. The molecule has 1 rings (SSSR count). The number of amides is 1. The quantitative estimate of drug-likeness (QED) is 0.902. The van der Waals surface area contributed by atoms with Crippen LogP contribution < -0.4 is 5.73 Å². The maximum atomic E-state index is 12.4. The molecule has 0 saturated heterocycles. The SMILES string of the molecule is CC(C)[C@H](N)C(=O)N(Cc1ccccc1Cl)C(C)C. The Hall–Kier alpha value is -1.06. The Labute approximate surface area is 120 Å². The summed E-state index contributed by atoms with van der Waals surface area (Å²) < 4.78 is 0. The van der Waals surface area contributed by atoms with Gasteiger partial charge in [0.1, 0.15) is 0 Å². The van der Waals surface area contributed by atoms with Crippen molar-refractivity contribution in [1.82, 2.24) is 4.90 Å². The molecule has 106 valence electrons. The van der Waals surface area contributed by atoms with Gasteiger partial charge in [-0.1, -0.05) is 43.6 Å². The fourth-order valence-electron chi connectivity index (χ4n) is 1.80. The first kappa shape index (κ1) is 16.0. The Bertz CT molecular complexity index is 432. The number of carbonyl (C=O) groups excluding carboxylic acids is 1. The normalized spacial score (nSPS) is 12.8. The van der Waals surface area contributed by atoms with E-state index in [1.165, 1.54) is 0 Å². The largest absolute Gasteiger partial charge is 0.335 e. The van der Waals surface area contributed by atoms with Crippen LogP contribution in [0.2, 0.25) is 5.02 Å². The standard InChI is InChI=1S/C15H23ClN2O/c1-10(2)14(17)15(19)18(11(3)4)9-12-7-5-6-8-13(12)16/h5-8,10-11,14H,9,17H2,1-4H3/t14-/m0/s1. The molecule has 2 N–H and O–H groups in total. The second-order valence-corrected chi connectivity index (χ2v) is 5.83. The lowest BCUT2D eigenvalue weighted by atomic mass is 10.0. The van der Waals surface area contributed by atoms with Crippen LogP contribution in [-0.2, 0) is 11.3 Å². The lowest BCUT2D eigenvalue weighted by molar-refractivity contribution is -0.136. The third kappa shape index (κ3) is 4.22. The number of halogens is 1. The Morgan fingerprint density at radius 3 is 2.32 bits per heavy atom. The monoisotopic (exact) mass is 282 g/mol. The Kier molecular flexibility index (Phi) is 5.83. The number of nitrogens with zero attached hydrogens (tertiary/aromatic N) is 1. The van der Waals surface area contributed by atoms with Crippen molar-refractivity contribution < 1.29 is 4.79 Å². The van der Waals surface area contributed by atoms with E-state index in [4.69, 9.17) is 17.3 Å². The van der Waals surface area contributed by atoms with Gasteiger partial charge in [-0.15, -0.1) is 0 Å². The van der Waals surface area contributed by atoms with Gasteiger partial charge in [-0.2, -0.15) is 0 Å². The zero-order chi connectivity index (χ0) is 14.6. The zero-order valence-electron chi connectivity index (χ0n) is 12.1. The molecule has 0 saturated carbocycles. The summed E-state index contributed by atoms with van der Waals surface area (Å²) in [7, 11) is 0. The molecule has 1 aromatic carbocycles. The minimum absolute atomic E-state index is 0.0232. The van der Waals surface area contributed by atoms with Crippen LogP contribution in [0.5, 0.6) is 0 Å². The van der Waals surface area contributed by atoms with E-state index in [0.29, 0.717) is 11.6 Å². The summed E-state index contributed by atoms with van der Waals surface area (Å²) in [5.41, 5.74) is 6.91. The van der Waals surface area contributed by atoms with E-state index >= 15 is 0 Å². The summed E-state index contributed by atoms with van der Waals surface area (Å²) in [4.78, 5) is 14.2. The van der Waals surface area contributed by atoms with Crippen molar-refractivity contribution in [1.29, 1.82) is 0 Å². The highest BCUT2D eigenvalue weighted by atomic mass is 35.5. The average Bonchev–Trinajstić information content (AvgIpc) is 2.35. The van der Waals surface area contributed by atoms with Gasteiger partial charge >= 0.3 is 0 Å². The fraction of sp³-hybridized carbons (Fsp3) is 0.533. The molecular formula is C15H23ClN2O. The van der Waals surface area contributed by atoms with E-state index in [1.54, 1.807) is 4.90 Å². The Morgan fingerprint density at radius 1 is 1.26 bits per heavy atom. The highest BCUT2D eigenvalue weighted by Crippen LogP contribution is 2.19. The van der Waals surface area contributed by atoms with Gasteiger partial charge < -0.3 is 10.6 Å². The number of nitrogens with two attached hydrogens (primary N) is 1. The fourth-order valence-corrected chi connectivity index (χ4v) is 2.00. The smallest absolute Gasteiger partial charge is 0.240 e. The second kappa shape index (κ2) is 6.92. The van der Waals surface area contributed by atoms with E-state index < -0.39 is 6.04 Å². The molecule has 1 aromatic rings. The van der Waals surface area contributed by atoms with E-state index in [0.717, 1.165) is 5.56 Å². The van der Waals surface area contributed by atoms with Gasteiger partial charge in [-0.25, -0.2) is 0 Å². The molecule has 1 amide bonds. The molecule has 19 heavy (non-hydrogen) atoms. The van der Waals surface area contributed by atoms with E-state index in [1.807, 2.05) is 52.0 Å².